The van der Waals surface area contributed by atoms with Crippen LogP contribution in [0.2, 0.25) is 0 Å². The molecule has 0 radical (unpaired) electrons. The number of rotatable bonds is 7. The van der Waals surface area contributed by atoms with Crippen LogP contribution >= 0.6 is 0 Å². The number of aromatic nitrogens is 2. The van der Waals surface area contributed by atoms with Crippen LogP contribution in [0.1, 0.15) is 0 Å². The summed E-state index contributed by atoms with van der Waals surface area (Å²) in [5, 5.41) is 0. The zero-order valence-electron chi connectivity index (χ0n) is 13.4. The molecule has 1 aliphatic heterocycles. The first-order chi connectivity index (χ1) is 10.7. The maximum atomic E-state index is 12.7. The minimum Gasteiger partial charge on any atom is -0.384 e. The van der Waals surface area contributed by atoms with E-state index in [0.29, 0.717) is 32.3 Å². The standard InChI is InChI=1S/C15H24N4O3/c1-18(7-8-21-2)14(20)13-10-19(9-12(13)11-22-3)15-16-5-4-6-17-15/h4-6,12-13H,7-11H2,1-3H3/t12-,13+/m0/s1. The Morgan fingerprint density at radius 1 is 1.32 bits per heavy atom. The van der Waals surface area contributed by atoms with Gasteiger partial charge in [0, 0.05) is 59.2 Å². The Bertz CT molecular complexity index is 471. The molecular formula is C15H24N4O3. The number of amides is 1. The van der Waals surface area contributed by atoms with Gasteiger partial charge in [-0.15, -0.1) is 0 Å². The van der Waals surface area contributed by atoms with Crippen LogP contribution in [0, 0.1) is 11.8 Å². The van der Waals surface area contributed by atoms with Crippen LogP contribution in [0.5, 0.6) is 0 Å². The van der Waals surface area contributed by atoms with Crippen LogP contribution in [0.15, 0.2) is 18.5 Å². The molecule has 0 aromatic carbocycles. The molecule has 1 fully saturated rings. The van der Waals surface area contributed by atoms with Gasteiger partial charge in [-0.3, -0.25) is 4.79 Å². The fraction of sp³-hybridized carbons (Fsp3) is 0.667. The number of anilines is 1. The molecule has 122 valence electrons. The molecule has 0 bridgehead atoms. The Hall–Kier alpha value is -1.73. The van der Waals surface area contributed by atoms with Gasteiger partial charge in [-0.2, -0.15) is 0 Å². The third-order valence-corrected chi connectivity index (χ3v) is 3.98. The van der Waals surface area contributed by atoms with Crippen LogP contribution in [-0.2, 0) is 14.3 Å². The van der Waals surface area contributed by atoms with Crippen molar-refractivity contribution in [3.8, 4) is 0 Å². The van der Waals surface area contributed by atoms with Crippen molar-refractivity contribution in [2.45, 2.75) is 0 Å². The molecule has 0 unspecified atom stereocenters. The first kappa shape index (κ1) is 16.6. The van der Waals surface area contributed by atoms with E-state index in [0.717, 1.165) is 6.54 Å². The Kier molecular flexibility index (Phi) is 6.09. The summed E-state index contributed by atoms with van der Waals surface area (Å²) < 4.78 is 10.3. The molecular weight excluding hydrogens is 284 g/mol. The zero-order valence-corrected chi connectivity index (χ0v) is 13.4. The van der Waals surface area contributed by atoms with Crippen molar-refractivity contribution >= 4 is 11.9 Å². The molecule has 0 aliphatic carbocycles. The summed E-state index contributed by atoms with van der Waals surface area (Å²) in [5.41, 5.74) is 0. The number of methoxy groups -OCH3 is 2. The molecule has 7 nitrogen and oxygen atoms in total. The molecule has 1 aliphatic rings. The van der Waals surface area contributed by atoms with Crippen molar-refractivity contribution in [1.82, 2.24) is 14.9 Å². The van der Waals surface area contributed by atoms with E-state index < -0.39 is 0 Å². The lowest BCUT2D eigenvalue weighted by molar-refractivity contribution is -0.135. The lowest BCUT2D eigenvalue weighted by Gasteiger charge is -2.23. The van der Waals surface area contributed by atoms with Crippen molar-refractivity contribution in [1.29, 1.82) is 0 Å². The number of hydrogen-bond donors (Lipinski definition) is 0. The summed E-state index contributed by atoms with van der Waals surface area (Å²) in [4.78, 5) is 25.0. The zero-order chi connectivity index (χ0) is 15.9. The van der Waals surface area contributed by atoms with Gasteiger partial charge in [-0.05, 0) is 6.07 Å². The maximum Gasteiger partial charge on any atom is 0.227 e. The molecule has 7 heteroatoms. The van der Waals surface area contributed by atoms with Crippen LogP contribution in [0.3, 0.4) is 0 Å². The summed E-state index contributed by atoms with van der Waals surface area (Å²) in [5.74, 6) is 0.827. The largest absolute Gasteiger partial charge is 0.384 e. The van der Waals surface area contributed by atoms with E-state index in [4.69, 9.17) is 9.47 Å². The lowest BCUT2D eigenvalue weighted by Crippen LogP contribution is -2.39. The summed E-state index contributed by atoms with van der Waals surface area (Å²) in [6.45, 7) is 3.03. The summed E-state index contributed by atoms with van der Waals surface area (Å²) >= 11 is 0. The quantitative estimate of drug-likeness (QED) is 0.721. The minimum absolute atomic E-state index is 0.106. The van der Waals surface area contributed by atoms with Crippen LogP contribution in [0.4, 0.5) is 5.95 Å². The van der Waals surface area contributed by atoms with Gasteiger partial charge in [-0.1, -0.05) is 0 Å². The monoisotopic (exact) mass is 308 g/mol. The van der Waals surface area contributed by atoms with E-state index in [9.17, 15) is 4.79 Å². The highest BCUT2D eigenvalue weighted by Gasteiger charge is 2.39. The average molecular weight is 308 g/mol. The molecule has 2 rings (SSSR count). The SMILES string of the molecule is COCCN(C)C(=O)[C@@H]1CN(c2ncccn2)C[C@H]1COC. The highest BCUT2D eigenvalue weighted by atomic mass is 16.5. The van der Waals surface area contributed by atoms with Gasteiger partial charge < -0.3 is 19.3 Å². The second kappa shape index (κ2) is 8.05. The number of nitrogens with zero attached hydrogens (tertiary/aromatic N) is 4. The molecule has 0 saturated carbocycles. The van der Waals surface area contributed by atoms with Crippen LogP contribution < -0.4 is 4.90 Å². The van der Waals surface area contributed by atoms with Gasteiger partial charge in [0.25, 0.3) is 0 Å². The van der Waals surface area contributed by atoms with Crippen molar-refractivity contribution in [2.75, 3.05) is 59.0 Å². The van der Waals surface area contributed by atoms with E-state index in [2.05, 4.69) is 14.9 Å². The number of hydrogen-bond acceptors (Lipinski definition) is 6. The topological polar surface area (TPSA) is 67.8 Å². The summed E-state index contributed by atoms with van der Waals surface area (Å²) in [6, 6.07) is 1.79. The van der Waals surface area contributed by atoms with E-state index in [1.165, 1.54) is 0 Å². The molecule has 1 aromatic rings. The van der Waals surface area contributed by atoms with Gasteiger partial charge >= 0.3 is 0 Å². The second-order valence-corrected chi connectivity index (χ2v) is 5.53. The molecule has 22 heavy (non-hydrogen) atoms. The van der Waals surface area contributed by atoms with Gasteiger partial charge in [-0.25, -0.2) is 9.97 Å². The van der Waals surface area contributed by atoms with E-state index in [1.807, 2.05) is 7.05 Å². The highest BCUT2D eigenvalue weighted by molar-refractivity contribution is 5.80. The molecule has 2 atom stereocenters. The molecule has 0 spiro atoms. The Morgan fingerprint density at radius 2 is 2.05 bits per heavy atom. The summed E-state index contributed by atoms with van der Waals surface area (Å²) in [6.07, 6.45) is 3.43. The van der Waals surface area contributed by atoms with E-state index in [-0.39, 0.29) is 17.7 Å². The van der Waals surface area contributed by atoms with E-state index in [1.54, 1.807) is 37.6 Å². The van der Waals surface area contributed by atoms with Gasteiger partial charge in [0.1, 0.15) is 0 Å². The number of carbonyl (C=O) groups excluding carboxylic acids is 1. The third-order valence-electron chi connectivity index (χ3n) is 3.98. The molecule has 1 saturated heterocycles. The van der Waals surface area contributed by atoms with Crippen molar-refractivity contribution < 1.29 is 14.3 Å². The molecule has 0 N–H and O–H groups in total. The number of carbonyl (C=O) groups is 1. The summed E-state index contributed by atoms with van der Waals surface area (Å²) in [7, 11) is 5.11. The van der Waals surface area contributed by atoms with Crippen molar-refractivity contribution in [3.05, 3.63) is 18.5 Å². The van der Waals surface area contributed by atoms with E-state index >= 15 is 0 Å². The first-order valence-corrected chi connectivity index (χ1v) is 7.42. The highest BCUT2D eigenvalue weighted by Crippen LogP contribution is 2.27. The third kappa shape index (κ3) is 3.92. The smallest absolute Gasteiger partial charge is 0.227 e. The Balaban J connectivity index is 2.06. The molecule has 1 aromatic heterocycles. The normalized spacial score (nSPS) is 21.1. The van der Waals surface area contributed by atoms with Gasteiger partial charge in [0.15, 0.2) is 0 Å². The maximum absolute atomic E-state index is 12.7. The van der Waals surface area contributed by atoms with Gasteiger partial charge in [0.2, 0.25) is 11.9 Å². The van der Waals surface area contributed by atoms with Crippen molar-refractivity contribution in [2.24, 2.45) is 11.8 Å². The fourth-order valence-corrected chi connectivity index (χ4v) is 2.77. The second-order valence-electron chi connectivity index (χ2n) is 5.53. The Morgan fingerprint density at radius 3 is 2.68 bits per heavy atom. The Labute approximate surface area is 131 Å². The predicted molar refractivity (Wildman–Crippen MR) is 82.6 cm³/mol. The average Bonchev–Trinajstić information content (AvgIpc) is 2.97. The van der Waals surface area contributed by atoms with Crippen LogP contribution in [-0.4, -0.2) is 74.9 Å². The predicted octanol–water partition coefficient (Wildman–Crippen LogP) is 0.280. The van der Waals surface area contributed by atoms with Crippen LogP contribution in [0.25, 0.3) is 0 Å². The number of likely N-dealkylation sites (N-methyl/N-ethyl adjacent to an activating group) is 1. The lowest BCUT2D eigenvalue weighted by atomic mass is 9.95. The molecule has 1 amide bonds. The first-order valence-electron chi connectivity index (χ1n) is 7.42. The fourth-order valence-electron chi connectivity index (χ4n) is 2.77. The molecule has 2 heterocycles. The minimum atomic E-state index is -0.106. The van der Waals surface area contributed by atoms with Crippen molar-refractivity contribution in [3.63, 3.8) is 0 Å². The van der Waals surface area contributed by atoms with Gasteiger partial charge in [0.05, 0.1) is 19.1 Å². The number of ether oxygens (including phenoxy) is 2.